The van der Waals surface area contributed by atoms with E-state index in [1.807, 2.05) is 0 Å². The van der Waals surface area contributed by atoms with Crippen molar-refractivity contribution in [3.63, 3.8) is 0 Å². The lowest BCUT2D eigenvalue weighted by Gasteiger charge is -2.66. The molecule has 1 saturated carbocycles. The molecule has 0 amide bonds. The Hall–Kier alpha value is -0.620. The van der Waals surface area contributed by atoms with Gasteiger partial charge >= 0.3 is 0 Å². The summed E-state index contributed by atoms with van der Waals surface area (Å²) in [5, 5.41) is 23.2. The number of aliphatic hydroxyl groups is 2. The number of nitrogens with zero attached hydrogens (tertiary/aromatic N) is 2. The Morgan fingerprint density at radius 3 is 2.81 bits per heavy atom. The van der Waals surface area contributed by atoms with Gasteiger partial charge in [-0.25, -0.2) is 0 Å². The normalized spacial score (nSPS) is 55.4. The first-order chi connectivity index (χ1) is 12.4. The van der Waals surface area contributed by atoms with Gasteiger partial charge in [-0.15, -0.1) is 0 Å². The van der Waals surface area contributed by atoms with Crippen molar-refractivity contribution in [2.75, 3.05) is 19.0 Å². The quantitative estimate of drug-likeness (QED) is 0.687. The standard InChI is InChI=1S/C21H28BrN2O2/c1-4-11-12-8-15-18-21(13-7-10(22)5-6-14(13)23(18)2)9-16(17(12)19(21)25)24(15,3)20(11)26/h5-7,11-12,15-20,25-26H,4,8-9H2,1-3H3/q+1/t11-,12?,15+,16-,17?,18+,19?,20+,21?,24?/m0/s1. The van der Waals surface area contributed by atoms with Crippen molar-refractivity contribution >= 4 is 21.6 Å². The molecule has 0 aromatic heterocycles. The second-order valence-electron chi connectivity index (χ2n) is 9.73. The second kappa shape index (κ2) is 4.68. The Bertz CT molecular complexity index is 817. The average molecular weight is 420 g/mol. The minimum absolute atomic E-state index is 0.164. The minimum atomic E-state index is -0.299. The number of piperidine rings is 4. The van der Waals surface area contributed by atoms with Crippen LogP contribution in [0.5, 0.6) is 0 Å². The van der Waals surface area contributed by atoms with Crippen LogP contribution in [0.15, 0.2) is 22.7 Å². The smallest absolute Gasteiger partial charge is 0.193 e. The zero-order chi connectivity index (χ0) is 18.2. The first-order valence-electron chi connectivity index (χ1n) is 10.1. The summed E-state index contributed by atoms with van der Waals surface area (Å²) in [7, 11) is 4.50. The number of benzene rings is 1. The zero-order valence-electron chi connectivity index (χ0n) is 15.6. The van der Waals surface area contributed by atoms with E-state index in [1.54, 1.807) is 0 Å². The summed E-state index contributed by atoms with van der Waals surface area (Å²) in [5.41, 5.74) is 2.44. The summed E-state index contributed by atoms with van der Waals surface area (Å²) >= 11 is 3.67. The summed E-state index contributed by atoms with van der Waals surface area (Å²) in [5.74, 6) is 1.12. The van der Waals surface area contributed by atoms with Crippen molar-refractivity contribution in [2.45, 2.75) is 62.1 Å². The fourth-order valence-corrected chi connectivity index (χ4v) is 8.96. The zero-order valence-corrected chi connectivity index (χ0v) is 17.2. The molecule has 1 aliphatic carbocycles. The molecule has 2 N–H and O–H groups in total. The van der Waals surface area contributed by atoms with Crippen LogP contribution in [-0.4, -0.2) is 59.2 Å². The van der Waals surface area contributed by atoms with Crippen LogP contribution >= 0.6 is 15.9 Å². The Morgan fingerprint density at radius 1 is 1.31 bits per heavy atom. The van der Waals surface area contributed by atoms with Crippen LogP contribution in [0.25, 0.3) is 0 Å². The van der Waals surface area contributed by atoms with Crippen molar-refractivity contribution in [3.8, 4) is 0 Å². The SMILES string of the molecule is CC[C@H]1C2C[C@@H]3[C@H]4N(C)c5ccc(Br)cc5C45C[C@@H](C2C5O)[N+]3(C)[C@@H]1O. The van der Waals surface area contributed by atoms with Crippen molar-refractivity contribution < 1.29 is 14.7 Å². The lowest BCUT2D eigenvalue weighted by Crippen LogP contribution is -2.81. The van der Waals surface area contributed by atoms with E-state index in [0.29, 0.717) is 29.8 Å². The molecule has 5 unspecified atom stereocenters. The lowest BCUT2D eigenvalue weighted by atomic mass is 9.61. The number of fused-ring (bicyclic) bond motifs is 2. The third-order valence-electron chi connectivity index (χ3n) is 9.44. The number of hydrogen-bond acceptors (Lipinski definition) is 3. The molecule has 4 nitrogen and oxygen atoms in total. The fourth-order valence-electron chi connectivity index (χ4n) is 8.60. The summed E-state index contributed by atoms with van der Waals surface area (Å²) in [6.07, 6.45) is 2.59. The lowest BCUT2D eigenvalue weighted by molar-refractivity contribution is -1.02. The molecule has 5 bridgehead atoms. The summed E-state index contributed by atoms with van der Waals surface area (Å²) in [6.45, 7) is 2.21. The van der Waals surface area contributed by atoms with Crippen LogP contribution in [0.2, 0.25) is 0 Å². The number of hydrogen-bond donors (Lipinski definition) is 2. The van der Waals surface area contributed by atoms with Gasteiger partial charge in [0.05, 0.1) is 30.7 Å². The van der Waals surface area contributed by atoms with E-state index in [9.17, 15) is 10.2 Å². The van der Waals surface area contributed by atoms with Gasteiger partial charge in [0.15, 0.2) is 6.23 Å². The predicted octanol–water partition coefficient (Wildman–Crippen LogP) is 2.46. The maximum Gasteiger partial charge on any atom is 0.193 e. The summed E-state index contributed by atoms with van der Waals surface area (Å²) in [6, 6.07) is 7.66. The molecule has 0 radical (unpaired) electrons. The van der Waals surface area contributed by atoms with E-state index in [4.69, 9.17) is 0 Å². The van der Waals surface area contributed by atoms with Crippen LogP contribution < -0.4 is 4.90 Å². The number of halogens is 1. The Labute approximate surface area is 163 Å². The van der Waals surface area contributed by atoms with Crippen molar-refractivity contribution in [1.82, 2.24) is 0 Å². The van der Waals surface area contributed by atoms with E-state index in [1.165, 1.54) is 11.3 Å². The monoisotopic (exact) mass is 419 g/mol. The molecule has 6 aliphatic rings. The third-order valence-corrected chi connectivity index (χ3v) is 9.94. The van der Waals surface area contributed by atoms with Crippen LogP contribution in [0.4, 0.5) is 5.69 Å². The molecule has 10 atom stereocenters. The van der Waals surface area contributed by atoms with Gasteiger partial charge in [-0.3, -0.25) is 4.48 Å². The molecule has 26 heavy (non-hydrogen) atoms. The number of anilines is 1. The Balaban J connectivity index is 1.62. The molecule has 1 spiro atoms. The number of likely N-dealkylation sites (N-methyl/N-ethyl adjacent to an activating group) is 2. The summed E-state index contributed by atoms with van der Waals surface area (Å²) < 4.78 is 1.87. The molecule has 5 fully saturated rings. The van der Waals surface area contributed by atoms with Gasteiger partial charge < -0.3 is 15.1 Å². The highest BCUT2D eigenvalue weighted by molar-refractivity contribution is 9.10. The van der Waals surface area contributed by atoms with Gasteiger partial charge in [-0.05, 0) is 36.1 Å². The van der Waals surface area contributed by atoms with Crippen LogP contribution in [0, 0.1) is 17.8 Å². The van der Waals surface area contributed by atoms with E-state index < -0.39 is 0 Å². The van der Waals surface area contributed by atoms with Crippen molar-refractivity contribution in [1.29, 1.82) is 0 Å². The van der Waals surface area contributed by atoms with Crippen LogP contribution in [-0.2, 0) is 5.41 Å². The van der Waals surface area contributed by atoms with Gasteiger partial charge in [0.2, 0.25) is 0 Å². The maximum atomic E-state index is 11.8. The first-order valence-corrected chi connectivity index (χ1v) is 10.9. The second-order valence-corrected chi connectivity index (χ2v) is 10.6. The van der Waals surface area contributed by atoms with Crippen molar-refractivity contribution in [2.24, 2.45) is 17.8 Å². The Kier molecular flexibility index (Phi) is 2.94. The highest BCUT2D eigenvalue weighted by atomic mass is 79.9. The highest BCUT2D eigenvalue weighted by Gasteiger charge is 2.82. The third kappa shape index (κ3) is 1.40. The van der Waals surface area contributed by atoms with Gasteiger partial charge in [0.1, 0.15) is 6.04 Å². The molecule has 1 aromatic carbocycles. The maximum absolute atomic E-state index is 11.8. The molecule has 5 heteroatoms. The van der Waals surface area contributed by atoms with Crippen molar-refractivity contribution in [3.05, 3.63) is 28.2 Å². The fraction of sp³-hybridized carbons (Fsp3) is 0.714. The largest absolute Gasteiger partial charge is 0.392 e. The number of quaternary nitrogens is 1. The highest BCUT2D eigenvalue weighted by Crippen LogP contribution is 2.71. The molecular formula is C21H28BrN2O2+. The van der Waals surface area contributed by atoms with Gasteiger partial charge in [0.25, 0.3) is 0 Å². The number of aliphatic hydroxyl groups excluding tert-OH is 2. The topological polar surface area (TPSA) is 43.7 Å². The first kappa shape index (κ1) is 16.3. The van der Waals surface area contributed by atoms with Gasteiger partial charge in [-0.2, -0.15) is 0 Å². The molecule has 5 heterocycles. The van der Waals surface area contributed by atoms with Gasteiger partial charge in [-0.1, -0.05) is 22.9 Å². The Morgan fingerprint density at radius 2 is 2.08 bits per heavy atom. The van der Waals surface area contributed by atoms with E-state index in [-0.39, 0.29) is 23.8 Å². The molecular weight excluding hydrogens is 392 g/mol. The minimum Gasteiger partial charge on any atom is -0.392 e. The summed E-state index contributed by atoms with van der Waals surface area (Å²) in [4.78, 5) is 2.44. The van der Waals surface area contributed by atoms with Gasteiger partial charge in [0, 0.05) is 41.9 Å². The van der Waals surface area contributed by atoms with E-state index in [2.05, 4.69) is 60.0 Å². The van der Waals surface area contributed by atoms with E-state index in [0.717, 1.165) is 28.2 Å². The molecule has 5 aliphatic heterocycles. The molecule has 1 aromatic rings. The van der Waals surface area contributed by atoms with Crippen LogP contribution in [0.3, 0.4) is 0 Å². The number of rotatable bonds is 1. The van der Waals surface area contributed by atoms with Crippen LogP contribution in [0.1, 0.15) is 31.7 Å². The predicted molar refractivity (Wildman–Crippen MR) is 104 cm³/mol. The molecule has 7 rings (SSSR count). The molecule has 4 saturated heterocycles. The molecule has 140 valence electrons. The average Bonchev–Trinajstić information content (AvgIpc) is 2.98. The van der Waals surface area contributed by atoms with E-state index >= 15 is 0 Å².